The fourth-order valence-electron chi connectivity index (χ4n) is 9.29. The number of fused-ring (bicyclic) bond motifs is 5. The van der Waals surface area contributed by atoms with E-state index in [-0.39, 0.29) is 47.7 Å². The maximum absolute atomic E-state index is 13.9. The lowest BCUT2D eigenvalue weighted by Crippen LogP contribution is -2.53. The number of likely N-dealkylation sites (tertiary alicyclic amines) is 2. The Labute approximate surface area is 330 Å². The van der Waals surface area contributed by atoms with Gasteiger partial charge >= 0.3 is 12.2 Å². The number of carboxylic acid groups (broad SMARTS) is 1. The number of ether oxygens (including phenoxy) is 1. The lowest BCUT2D eigenvalue weighted by Gasteiger charge is -2.37. The van der Waals surface area contributed by atoms with Crippen LogP contribution in [0.25, 0.3) is 44.2 Å². The number of hydrogen-bond acceptors (Lipinski definition) is 7. The highest BCUT2D eigenvalue weighted by Crippen LogP contribution is 2.50. The Balaban J connectivity index is 1.00. The van der Waals surface area contributed by atoms with E-state index in [4.69, 9.17) is 9.72 Å². The number of rotatable bonds is 10. The second kappa shape index (κ2) is 15.2. The lowest BCUT2D eigenvalue weighted by molar-refractivity contribution is -0.139. The van der Waals surface area contributed by atoms with Crippen LogP contribution in [0.3, 0.4) is 0 Å². The molecule has 2 aromatic heterocycles. The van der Waals surface area contributed by atoms with Crippen molar-refractivity contribution in [3.05, 3.63) is 72.4 Å². The molecule has 4 amide bonds. The molecule has 3 aliphatic rings. The number of amides is 4. The number of nitrogens with one attached hydrogen (secondary N) is 4. The van der Waals surface area contributed by atoms with E-state index in [1.54, 1.807) is 6.20 Å². The molecule has 2 bridgehead atoms. The second-order valence-electron chi connectivity index (χ2n) is 16.4. The molecule has 0 spiro atoms. The first-order valence-electron chi connectivity index (χ1n) is 20.0. The minimum absolute atomic E-state index is 0.0766. The molecule has 2 saturated heterocycles. The Hall–Kier alpha value is -5.92. The van der Waals surface area contributed by atoms with Crippen molar-refractivity contribution in [3.63, 3.8) is 0 Å². The molecule has 14 heteroatoms. The van der Waals surface area contributed by atoms with Crippen LogP contribution in [0.1, 0.15) is 83.5 Å². The normalized spacial score (nSPS) is 21.5. The zero-order chi connectivity index (χ0) is 40.1. The SMILES string of the molecule is COC(=O)N[C@H](C(=O)N1CCC[C@H]1c1ncc(-c2ccc(-c3ccc4c(ccc5[nH]c([C@@H]6[C@H]7CC[C@H](C7)N6C(=O)[C@@H](NC(=O)O)C(C)C)nc54)c3)cc2)[nH]1)C(C)C. The maximum atomic E-state index is 13.9. The molecule has 14 nitrogen and oxygen atoms in total. The standard InChI is InChI=1S/C43H50N8O6/c1-22(2)34(49-43(56)57-5)40(52)50-18-6-7-33(50)38-44-21-32(46-38)25-10-8-24(9-11-25)26-13-16-30-27(19-26)14-17-31-36(30)47-39(45-31)37-28-12-15-29(20-28)51(37)41(53)35(23(3)4)48-42(54)55/h8-11,13-14,16-17,19,21-23,28-29,33-35,37,48H,6-7,12,15,18,20H2,1-5H3,(H,44,46)(H,45,47)(H,49,56)(H,54,55)/t28-,29+,33-,34-,35-,37-/m0/s1. The van der Waals surface area contributed by atoms with Crippen molar-refractivity contribution in [3.8, 4) is 22.4 Å². The van der Waals surface area contributed by atoms with Gasteiger partial charge in [-0.15, -0.1) is 0 Å². The lowest BCUT2D eigenvalue weighted by atomic mass is 9.95. The van der Waals surface area contributed by atoms with Crippen LogP contribution in [-0.2, 0) is 14.3 Å². The predicted octanol–water partition coefficient (Wildman–Crippen LogP) is 7.16. The van der Waals surface area contributed by atoms with Crippen molar-refractivity contribution in [2.24, 2.45) is 17.8 Å². The van der Waals surface area contributed by atoms with Gasteiger partial charge in [-0.2, -0.15) is 0 Å². The molecule has 3 fully saturated rings. The van der Waals surface area contributed by atoms with E-state index >= 15 is 0 Å². The number of imidazole rings is 2. The predicted molar refractivity (Wildman–Crippen MR) is 215 cm³/mol. The number of benzene rings is 3. The van der Waals surface area contributed by atoms with Gasteiger partial charge in [0.2, 0.25) is 11.8 Å². The van der Waals surface area contributed by atoms with Gasteiger partial charge in [-0.1, -0.05) is 70.2 Å². The van der Waals surface area contributed by atoms with E-state index in [9.17, 15) is 24.3 Å². The summed E-state index contributed by atoms with van der Waals surface area (Å²) < 4.78 is 4.76. The fourth-order valence-corrected chi connectivity index (χ4v) is 9.29. The summed E-state index contributed by atoms with van der Waals surface area (Å²) in [5.41, 5.74) is 5.69. The molecule has 1 aliphatic carbocycles. The van der Waals surface area contributed by atoms with Gasteiger partial charge < -0.3 is 40.2 Å². The molecule has 5 N–H and O–H groups in total. The molecule has 1 saturated carbocycles. The smallest absolute Gasteiger partial charge is 0.407 e. The van der Waals surface area contributed by atoms with Gasteiger partial charge in [0.25, 0.3) is 0 Å². The van der Waals surface area contributed by atoms with E-state index in [1.165, 1.54) is 7.11 Å². The van der Waals surface area contributed by atoms with Crippen LogP contribution in [0.2, 0.25) is 0 Å². The Morgan fingerprint density at radius 3 is 2.28 bits per heavy atom. The van der Waals surface area contributed by atoms with Crippen LogP contribution in [-0.4, -0.2) is 90.6 Å². The van der Waals surface area contributed by atoms with Gasteiger partial charge in [-0.05, 0) is 84.1 Å². The van der Waals surface area contributed by atoms with Crippen LogP contribution >= 0.6 is 0 Å². The Kier molecular flexibility index (Phi) is 10.1. The summed E-state index contributed by atoms with van der Waals surface area (Å²) in [4.78, 5) is 71.5. The zero-order valence-electron chi connectivity index (χ0n) is 32.9. The summed E-state index contributed by atoms with van der Waals surface area (Å²) >= 11 is 0. The minimum Gasteiger partial charge on any atom is -0.465 e. The third kappa shape index (κ3) is 7.06. The van der Waals surface area contributed by atoms with Gasteiger partial charge in [0.05, 0.1) is 42.1 Å². The van der Waals surface area contributed by atoms with Crippen molar-refractivity contribution in [1.29, 1.82) is 0 Å². The van der Waals surface area contributed by atoms with E-state index in [0.29, 0.717) is 6.54 Å². The highest BCUT2D eigenvalue weighted by Gasteiger charge is 2.51. The minimum atomic E-state index is -1.20. The van der Waals surface area contributed by atoms with Crippen LogP contribution in [0.5, 0.6) is 0 Å². The summed E-state index contributed by atoms with van der Waals surface area (Å²) in [5.74, 6) is 1.12. The molecule has 57 heavy (non-hydrogen) atoms. The molecular weight excluding hydrogens is 725 g/mol. The molecule has 4 heterocycles. The number of piperidine rings is 1. The van der Waals surface area contributed by atoms with Crippen molar-refractivity contribution < 1.29 is 29.0 Å². The number of carbonyl (C=O) groups excluding carboxylic acids is 3. The van der Waals surface area contributed by atoms with Gasteiger partial charge in [0.1, 0.15) is 23.7 Å². The number of aromatic nitrogens is 4. The average Bonchev–Trinajstić information content (AvgIpc) is 4.06. The summed E-state index contributed by atoms with van der Waals surface area (Å²) in [7, 11) is 1.29. The number of carbonyl (C=O) groups is 4. The Morgan fingerprint density at radius 2 is 1.56 bits per heavy atom. The average molecular weight is 775 g/mol. The highest BCUT2D eigenvalue weighted by molar-refractivity contribution is 6.05. The quantitative estimate of drug-likeness (QED) is 0.0989. The van der Waals surface area contributed by atoms with Gasteiger partial charge in [-0.3, -0.25) is 9.59 Å². The molecule has 6 atom stereocenters. The van der Waals surface area contributed by atoms with Crippen LogP contribution < -0.4 is 10.6 Å². The molecule has 8 rings (SSSR count). The van der Waals surface area contributed by atoms with E-state index in [0.717, 1.165) is 87.9 Å². The van der Waals surface area contributed by atoms with Gasteiger partial charge in [0.15, 0.2) is 0 Å². The molecule has 5 aromatic rings. The molecular formula is C43H50N8O6. The first kappa shape index (κ1) is 38.0. The monoisotopic (exact) mass is 774 g/mol. The molecule has 298 valence electrons. The van der Waals surface area contributed by atoms with Crippen molar-refractivity contribution in [1.82, 2.24) is 40.4 Å². The van der Waals surface area contributed by atoms with E-state index < -0.39 is 24.3 Å². The molecule has 0 radical (unpaired) electrons. The largest absolute Gasteiger partial charge is 0.465 e. The third-order valence-corrected chi connectivity index (χ3v) is 12.2. The van der Waals surface area contributed by atoms with Crippen LogP contribution in [0.4, 0.5) is 9.59 Å². The Bertz CT molecular complexity index is 2330. The molecule has 3 aromatic carbocycles. The summed E-state index contributed by atoms with van der Waals surface area (Å²) in [6.45, 7) is 8.12. The Morgan fingerprint density at radius 1 is 0.842 bits per heavy atom. The topological polar surface area (TPSA) is 186 Å². The zero-order valence-corrected chi connectivity index (χ0v) is 32.9. The van der Waals surface area contributed by atoms with Crippen LogP contribution in [0, 0.1) is 17.8 Å². The number of hydrogen-bond donors (Lipinski definition) is 5. The number of alkyl carbamates (subject to hydrolysis) is 1. The second-order valence-corrected chi connectivity index (χ2v) is 16.4. The first-order valence-corrected chi connectivity index (χ1v) is 20.0. The van der Waals surface area contributed by atoms with E-state index in [1.807, 2.05) is 43.6 Å². The van der Waals surface area contributed by atoms with Gasteiger partial charge in [-0.25, -0.2) is 19.6 Å². The summed E-state index contributed by atoms with van der Waals surface area (Å²) in [5, 5.41) is 16.7. The number of H-pyrrole nitrogens is 2. The number of methoxy groups -OCH3 is 1. The van der Waals surface area contributed by atoms with Gasteiger partial charge in [0, 0.05) is 18.0 Å². The van der Waals surface area contributed by atoms with Crippen molar-refractivity contribution in [2.45, 2.75) is 90.0 Å². The first-order chi connectivity index (χ1) is 27.4. The summed E-state index contributed by atoms with van der Waals surface area (Å²) in [6.07, 6.45) is 4.42. The molecule has 0 unspecified atom stereocenters. The fraction of sp³-hybridized carbons (Fsp3) is 0.442. The van der Waals surface area contributed by atoms with E-state index in [2.05, 4.69) is 74.1 Å². The number of aromatic amines is 2. The highest BCUT2D eigenvalue weighted by atomic mass is 16.5. The maximum Gasteiger partial charge on any atom is 0.407 e. The van der Waals surface area contributed by atoms with Crippen molar-refractivity contribution in [2.75, 3.05) is 13.7 Å². The third-order valence-electron chi connectivity index (χ3n) is 12.2. The van der Waals surface area contributed by atoms with Crippen LogP contribution in [0.15, 0.2) is 60.8 Å². The van der Waals surface area contributed by atoms with Crippen molar-refractivity contribution >= 4 is 45.8 Å². The number of nitrogens with zero attached hydrogens (tertiary/aromatic N) is 4. The summed E-state index contributed by atoms with van der Waals surface area (Å²) in [6, 6.07) is 16.9. The molecule has 2 aliphatic heterocycles.